The molecule has 0 bridgehead atoms. The minimum absolute atomic E-state index is 0.139. The van der Waals surface area contributed by atoms with Crippen LogP contribution >= 0.6 is 0 Å². The smallest absolute Gasteiger partial charge is 0.408 e. The maximum Gasteiger partial charge on any atom is 0.408 e. The maximum atomic E-state index is 11.8. The van der Waals surface area contributed by atoms with Gasteiger partial charge in [-0.05, 0) is 34.6 Å². The van der Waals surface area contributed by atoms with Gasteiger partial charge in [0.1, 0.15) is 5.60 Å². The monoisotopic (exact) mass is 277 g/mol. The summed E-state index contributed by atoms with van der Waals surface area (Å²) in [4.78, 5) is 15.9. The highest BCUT2D eigenvalue weighted by atomic mass is 16.6. The van der Waals surface area contributed by atoms with Crippen LogP contribution in [0.15, 0.2) is 12.5 Å². The number of terminal acetylenes is 1. The van der Waals surface area contributed by atoms with E-state index >= 15 is 0 Å². The molecular weight excluding hydrogens is 254 g/mol. The number of nitrogens with one attached hydrogen (secondary N) is 1. The third kappa shape index (κ3) is 4.61. The van der Waals surface area contributed by atoms with Gasteiger partial charge in [-0.15, -0.1) is 12.3 Å². The molecule has 0 aliphatic heterocycles. The lowest BCUT2D eigenvalue weighted by atomic mass is 10.2. The zero-order valence-electron chi connectivity index (χ0n) is 12.8. The number of hydrogen-bond donors (Lipinski definition) is 1. The van der Waals surface area contributed by atoms with Crippen molar-refractivity contribution < 1.29 is 9.53 Å². The SMILES string of the molecule is C#CCC(C)n1cncc1C(C)NC(=O)OC(C)(C)C. The number of imidazole rings is 1. The minimum Gasteiger partial charge on any atom is -0.444 e. The second kappa shape index (κ2) is 6.47. The van der Waals surface area contributed by atoms with Gasteiger partial charge in [-0.25, -0.2) is 9.78 Å². The Hall–Kier alpha value is -1.96. The van der Waals surface area contributed by atoms with Crippen LogP contribution in [0.2, 0.25) is 0 Å². The van der Waals surface area contributed by atoms with Crippen LogP contribution in [0.1, 0.15) is 58.8 Å². The zero-order chi connectivity index (χ0) is 15.3. The lowest BCUT2D eigenvalue weighted by Gasteiger charge is -2.23. The van der Waals surface area contributed by atoms with E-state index in [1.807, 2.05) is 39.2 Å². The first-order chi connectivity index (χ1) is 9.24. The molecule has 1 aromatic heterocycles. The van der Waals surface area contributed by atoms with E-state index in [-0.39, 0.29) is 12.1 Å². The number of carbonyl (C=O) groups is 1. The number of hydrogen-bond acceptors (Lipinski definition) is 3. The summed E-state index contributed by atoms with van der Waals surface area (Å²) in [6, 6.07) is -0.0621. The first kappa shape index (κ1) is 16.1. The number of ether oxygens (including phenoxy) is 1. The first-order valence-corrected chi connectivity index (χ1v) is 6.69. The van der Waals surface area contributed by atoms with Crippen molar-refractivity contribution in [1.82, 2.24) is 14.9 Å². The van der Waals surface area contributed by atoms with E-state index in [0.717, 1.165) is 5.69 Å². The largest absolute Gasteiger partial charge is 0.444 e. The van der Waals surface area contributed by atoms with E-state index in [0.29, 0.717) is 6.42 Å². The van der Waals surface area contributed by atoms with Crippen LogP contribution in [-0.2, 0) is 4.74 Å². The standard InChI is InChI=1S/C15H23N3O2/c1-7-8-11(2)18-10-16-9-13(18)12(3)17-14(19)20-15(4,5)6/h1,9-12H,8H2,2-6H3,(H,17,19). The lowest BCUT2D eigenvalue weighted by Crippen LogP contribution is -2.34. The molecular formula is C15H23N3O2. The number of amides is 1. The van der Waals surface area contributed by atoms with E-state index in [1.165, 1.54) is 0 Å². The Morgan fingerprint density at radius 3 is 2.75 bits per heavy atom. The van der Waals surface area contributed by atoms with Gasteiger partial charge in [-0.1, -0.05) is 0 Å². The highest BCUT2D eigenvalue weighted by Crippen LogP contribution is 2.19. The summed E-state index contributed by atoms with van der Waals surface area (Å²) in [5.74, 6) is 2.63. The fraction of sp³-hybridized carbons (Fsp3) is 0.600. The second-order valence-corrected chi connectivity index (χ2v) is 5.85. The van der Waals surface area contributed by atoms with E-state index in [9.17, 15) is 4.79 Å². The zero-order valence-corrected chi connectivity index (χ0v) is 12.8. The molecule has 0 aromatic carbocycles. The van der Waals surface area contributed by atoms with Crippen molar-refractivity contribution in [2.24, 2.45) is 0 Å². The molecule has 1 heterocycles. The van der Waals surface area contributed by atoms with Gasteiger partial charge in [0.05, 0.1) is 24.3 Å². The molecule has 1 aromatic rings. The van der Waals surface area contributed by atoms with E-state index in [2.05, 4.69) is 16.2 Å². The molecule has 1 amide bonds. The summed E-state index contributed by atoms with van der Waals surface area (Å²) in [6.07, 6.45) is 8.97. The summed E-state index contributed by atoms with van der Waals surface area (Å²) in [5, 5.41) is 2.80. The summed E-state index contributed by atoms with van der Waals surface area (Å²) < 4.78 is 7.22. The topological polar surface area (TPSA) is 56.2 Å². The van der Waals surface area contributed by atoms with Gasteiger partial charge in [-0.3, -0.25) is 0 Å². The molecule has 110 valence electrons. The van der Waals surface area contributed by atoms with Gasteiger partial charge in [0.25, 0.3) is 0 Å². The van der Waals surface area contributed by atoms with Crippen molar-refractivity contribution in [3.05, 3.63) is 18.2 Å². The molecule has 0 radical (unpaired) electrons. The van der Waals surface area contributed by atoms with Crippen LogP contribution in [0.25, 0.3) is 0 Å². The molecule has 0 saturated heterocycles. The maximum absolute atomic E-state index is 11.8. The fourth-order valence-electron chi connectivity index (χ4n) is 1.85. The lowest BCUT2D eigenvalue weighted by molar-refractivity contribution is 0.0506. The van der Waals surface area contributed by atoms with Gasteiger partial charge in [0.2, 0.25) is 0 Å². The van der Waals surface area contributed by atoms with Crippen LogP contribution in [0.4, 0.5) is 4.79 Å². The number of nitrogens with zero attached hydrogens (tertiary/aromatic N) is 2. The Labute approximate surface area is 120 Å². The van der Waals surface area contributed by atoms with Crippen molar-refractivity contribution in [3.8, 4) is 12.3 Å². The second-order valence-electron chi connectivity index (χ2n) is 5.85. The quantitative estimate of drug-likeness (QED) is 0.861. The van der Waals surface area contributed by atoms with Crippen molar-refractivity contribution >= 4 is 6.09 Å². The molecule has 0 fully saturated rings. The normalized spacial score (nSPS) is 14.2. The molecule has 0 aliphatic carbocycles. The van der Waals surface area contributed by atoms with E-state index in [4.69, 9.17) is 11.2 Å². The van der Waals surface area contributed by atoms with Crippen molar-refractivity contribution in [3.63, 3.8) is 0 Å². The average molecular weight is 277 g/mol. The molecule has 20 heavy (non-hydrogen) atoms. The molecule has 0 saturated carbocycles. The highest BCUT2D eigenvalue weighted by molar-refractivity contribution is 5.68. The molecule has 0 aliphatic rings. The third-order valence-electron chi connectivity index (χ3n) is 2.76. The number of aromatic nitrogens is 2. The third-order valence-corrected chi connectivity index (χ3v) is 2.76. The average Bonchev–Trinajstić information content (AvgIpc) is 2.75. The number of rotatable bonds is 4. The molecule has 2 atom stereocenters. The first-order valence-electron chi connectivity index (χ1n) is 6.69. The summed E-state index contributed by atoms with van der Waals surface area (Å²) in [6.45, 7) is 9.40. The van der Waals surface area contributed by atoms with Gasteiger partial charge in [-0.2, -0.15) is 0 Å². The number of carbonyl (C=O) groups excluding carboxylic acids is 1. The molecule has 2 unspecified atom stereocenters. The molecule has 1 N–H and O–H groups in total. The van der Waals surface area contributed by atoms with Crippen molar-refractivity contribution in [1.29, 1.82) is 0 Å². The Kier molecular flexibility index (Phi) is 5.20. The van der Waals surface area contributed by atoms with Crippen LogP contribution in [0.3, 0.4) is 0 Å². The van der Waals surface area contributed by atoms with Gasteiger partial charge in [0.15, 0.2) is 0 Å². The van der Waals surface area contributed by atoms with Crippen molar-refractivity contribution in [2.45, 2.75) is 58.7 Å². The summed E-state index contributed by atoms with van der Waals surface area (Å²) >= 11 is 0. The van der Waals surface area contributed by atoms with Crippen LogP contribution < -0.4 is 5.32 Å². The molecule has 1 rings (SSSR count). The van der Waals surface area contributed by atoms with Crippen LogP contribution in [0, 0.1) is 12.3 Å². The Bertz CT molecular complexity index is 494. The summed E-state index contributed by atoms with van der Waals surface area (Å²) in [7, 11) is 0. The Morgan fingerprint density at radius 1 is 1.55 bits per heavy atom. The molecule has 5 heteroatoms. The highest BCUT2D eigenvalue weighted by Gasteiger charge is 2.20. The van der Waals surface area contributed by atoms with E-state index in [1.54, 1.807) is 12.5 Å². The minimum atomic E-state index is -0.513. The van der Waals surface area contributed by atoms with Gasteiger partial charge >= 0.3 is 6.09 Å². The Balaban J connectivity index is 2.74. The van der Waals surface area contributed by atoms with E-state index < -0.39 is 11.7 Å². The predicted octanol–water partition coefficient (Wildman–Crippen LogP) is 3.05. The van der Waals surface area contributed by atoms with Crippen molar-refractivity contribution in [2.75, 3.05) is 0 Å². The van der Waals surface area contributed by atoms with Gasteiger partial charge < -0.3 is 14.6 Å². The summed E-state index contributed by atoms with van der Waals surface area (Å²) in [5.41, 5.74) is 0.388. The molecule has 5 nitrogen and oxygen atoms in total. The Morgan fingerprint density at radius 2 is 2.20 bits per heavy atom. The predicted molar refractivity (Wildman–Crippen MR) is 78.2 cm³/mol. The number of alkyl carbamates (subject to hydrolysis) is 1. The van der Waals surface area contributed by atoms with Gasteiger partial charge in [0, 0.05) is 12.5 Å². The van der Waals surface area contributed by atoms with Crippen LogP contribution in [0.5, 0.6) is 0 Å². The molecule has 0 spiro atoms. The fourth-order valence-corrected chi connectivity index (χ4v) is 1.85. The van der Waals surface area contributed by atoms with Crippen LogP contribution in [-0.4, -0.2) is 21.2 Å².